The maximum absolute atomic E-state index is 12.2. The normalized spacial score (nSPS) is 15.5. The molecule has 1 unspecified atom stereocenters. The lowest BCUT2D eigenvalue weighted by atomic mass is 10.1. The molecule has 2 aromatic rings. The highest BCUT2D eigenvalue weighted by Crippen LogP contribution is 2.19. The summed E-state index contributed by atoms with van der Waals surface area (Å²) in [5, 5.41) is 8.00. The van der Waals surface area contributed by atoms with E-state index >= 15 is 0 Å². The van der Waals surface area contributed by atoms with E-state index in [2.05, 4.69) is 15.6 Å². The Kier molecular flexibility index (Phi) is 4.87. The van der Waals surface area contributed by atoms with Crippen LogP contribution in [0.5, 0.6) is 0 Å². The molecular formula is C16H18N4O2S. The monoisotopic (exact) mass is 330 g/mol. The molecule has 2 N–H and O–H groups in total. The molecule has 7 heteroatoms. The molecule has 0 radical (unpaired) electrons. The molecule has 0 saturated carbocycles. The topological polar surface area (TPSA) is 74.3 Å². The number of likely N-dealkylation sites (tertiary alicyclic amines) is 1. The zero-order valence-electron chi connectivity index (χ0n) is 12.6. The Balaban J connectivity index is 1.69. The summed E-state index contributed by atoms with van der Waals surface area (Å²) in [7, 11) is 0. The molecule has 1 fully saturated rings. The smallest absolute Gasteiger partial charge is 0.321 e. The van der Waals surface area contributed by atoms with Gasteiger partial charge in [-0.2, -0.15) is 0 Å². The molecule has 23 heavy (non-hydrogen) atoms. The van der Waals surface area contributed by atoms with Crippen molar-refractivity contribution in [2.75, 3.05) is 18.4 Å². The number of anilines is 1. The Morgan fingerprint density at radius 3 is 2.83 bits per heavy atom. The molecule has 3 rings (SSSR count). The Bertz CT molecular complexity index is 660. The van der Waals surface area contributed by atoms with Gasteiger partial charge in [-0.25, -0.2) is 9.78 Å². The number of amides is 3. The van der Waals surface area contributed by atoms with Crippen LogP contribution < -0.4 is 10.6 Å². The van der Waals surface area contributed by atoms with Gasteiger partial charge in [0.1, 0.15) is 0 Å². The number of carbonyl (C=O) groups excluding carboxylic acids is 2. The highest BCUT2D eigenvalue weighted by atomic mass is 32.1. The van der Waals surface area contributed by atoms with Crippen molar-refractivity contribution in [3.05, 3.63) is 47.5 Å². The van der Waals surface area contributed by atoms with E-state index in [0.717, 1.165) is 18.5 Å². The summed E-state index contributed by atoms with van der Waals surface area (Å²) in [6.07, 6.45) is 3.11. The van der Waals surface area contributed by atoms with Gasteiger partial charge in [-0.15, -0.1) is 11.3 Å². The van der Waals surface area contributed by atoms with Crippen LogP contribution in [-0.4, -0.2) is 34.9 Å². The molecule has 1 aliphatic rings. The summed E-state index contributed by atoms with van der Waals surface area (Å²) < 4.78 is 0. The molecule has 0 bridgehead atoms. The quantitative estimate of drug-likeness (QED) is 0.885. The zero-order valence-corrected chi connectivity index (χ0v) is 13.4. The average Bonchev–Trinajstić information content (AvgIpc) is 3.20. The van der Waals surface area contributed by atoms with E-state index in [1.54, 1.807) is 16.5 Å². The lowest BCUT2D eigenvalue weighted by Crippen LogP contribution is -2.40. The fourth-order valence-corrected chi connectivity index (χ4v) is 3.14. The van der Waals surface area contributed by atoms with Crippen LogP contribution in [0.25, 0.3) is 0 Å². The zero-order chi connectivity index (χ0) is 16.1. The van der Waals surface area contributed by atoms with Crippen LogP contribution in [0, 0.1) is 0 Å². The average molecular weight is 330 g/mol. The van der Waals surface area contributed by atoms with Gasteiger partial charge < -0.3 is 10.2 Å². The minimum absolute atomic E-state index is 0.146. The standard InChI is InChI=1S/C16H18N4O2S/c21-14-7-4-9-20(14)11-13(12-5-2-1-3-6-12)18-15(22)19-16-17-8-10-23-16/h1-3,5-6,8,10,13H,4,7,9,11H2,(H2,17,18,19,22). The highest BCUT2D eigenvalue weighted by Gasteiger charge is 2.25. The van der Waals surface area contributed by atoms with E-state index in [1.807, 2.05) is 30.3 Å². The van der Waals surface area contributed by atoms with Crippen molar-refractivity contribution < 1.29 is 9.59 Å². The van der Waals surface area contributed by atoms with Crippen molar-refractivity contribution in [3.63, 3.8) is 0 Å². The first-order chi connectivity index (χ1) is 11.2. The second-order valence-electron chi connectivity index (χ2n) is 5.34. The van der Waals surface area contributed by atoms with E-state index in [1.165, 1.54) is 11.3 Å². The molecule has 0 spiro atoms. The minimum Gasteiger partial charge on any atom is -0.340 e. The number of aromatic nitrogens is 1. The van der Waals surface area contributed by atoms with Crippen molar-refractivity contribution in [2.45, 2.75) is 18.9 Å². The summed E-state index contributed by atoms with van der Waals surface area (Å²) in [5.74, 6) is 0.146. The fourth-order valence-electron chi connectivity index (χ4n) is 2.61. The van der Waals surface area contributed by atoms with Gasteiger partial charge in [0.25, 0.3) is 0 Å². The van der Waals surface area contributed by atoms with Gasteiger partial charge >= 0.3 is 6.03 Å². The fraction of sp³-hybridized carbons (Fsp3) is 0.312. The van der Waals surface area contributed by atoms with E-state index in [0.29, 0.717) is 18.1 Å². The van der Waals surface area contributed by atoms with E-state index < -0.39 is 0 Å². The van der Waals surface area contributed by atoms with Gasteiger partial charge in [0.15, 0.2) is 5.13 Å². The number of hydrogen-bond acceptors (Lipinski definition) is 4. The van der Waals surface area contributed by atoms with Crippen LogP contribution in [0.1, 0.15) is 24.4 Å². The first-order valence-electron chi connectivity index (χ1n) is 7.52. The van der Waals surface area contributed by atoms with Crippen LogP contribution in [0.3, 0.4) is 0 Å². The van der Waals surface area contributed by atoms with Crippen molar-refractivity contribution in [1.29, 1.82) is 0 Å². The van der Waals surface area contributed by atoms with Crippen molar-refractivity contribution in [3.8, 4) is 0 Å². The summed E-state index contributed by atoms with van der Waals surface area (Å²) >= 11 is 1.36. The van der Waals surface area contributed by atoms with Crippen molar-refractivity contribution in [1.82, 2.24) is 15.2 Å². The summed E-state index contributed by atoms with van der Waals surface area (Å²) in [5.41, 5.74) is 0.974. The maximum atomic E-state index is 12.2. The van der Waals surface area contributed by atoms with Crippen molar-refractivity contribution in [2.24, 2.45) is 0 Å². The predicted octanol–water partition coefficient (Wildman–Crippen LogP) is 2.63. The molecule has 1 saturated heterocycles. The number of urea groups is 1. The molecule has 3 amide bonds. The molecule has 0 aliphatic carbocycles. The Labute approximate surface area is 138 Å². The maximum Gasteiger partial charge on any atom is 0.321 e. The molecule has 6 nitrogen and oxygen atoms in total. The van der Waals surface area contributed by atoms with Gasteiger partial charge in [0.2, 0.25) is 5.91 Å². The number of carbonyl (C=O) groups is 2. The largest absolute Gasteiger partial charge is 0.340 e. The lowest BCUT2D eigenvalue weighted by Gasteiger charge is -2.25. The van der Waals surface area contributed by atoms with E-state index in [9.17, 15) is 9.59 Å². The second kappa shape index (κ2) is 7.23. The SMILES string of the molecule is O=C(Nc1nccs1)NC(CN1CCCC1=O)c1ccccc1. The molecular weight excluding hydrogens is 312 g/mol. The number of rotatable bonds is 5. The first-order valence-corrected chi connectivity index (χ1v) is 8.40. The van der Waals surface area contributed by atoms with Crippen LogP contribution in [0.2, 0.25) is 0 Å². The van der Waals surface area contributed by atoms with Gasteiger partial charge in [-0.05, 0) is 12.0 Å². The summed E-state index contributed by atoms with van der Waals surface area (Å²) in [6.45, 7) is 1.23. The molecule has 1 aliphatic heterocycles. The van der Waals surface area contributed by atoms with Gasteiger partial charge in [0.05, 0.1) is 6.04 Å². The first kappa shape index (κ1) is 15.5. The third-order valence-corrected chi connectivity index (χ3v) is 4.42. The number of benzene rings is 1. The summed E-state index contributed by atoms with van der Waals surface area (Å²) in [6, 6.07) is 9.11. The Morgan fingerprint density at radius 2 is 2.17 bits per heavy atom. The van der Waals surface area contributed by atoms with Gasteiger partial charge in [0, 0.05) is 31.1 Å². The van der Waals surface area contributed by atoms with Crippen LogP contribution in [-0.2, 0) is 4.79 Å². The third kappa shape index (κ3) is 4.07. The van der Waals surface area contributed by atoms with Gasteiger partial charge in [-0.3, -0.25) is 10.1 Å². The second-order valence-corrected chi connectivity index (χ2v) is 6.24. The number of thiazole rings is 1. The van der Waals surface area contributed by atoms with E-state index in [4.69, 9.17) is 0 Å². The highest BCUT2D eigenvalue weighted by molar-refractivity contribution is 7.13. The van der Waals surface area contributed by atoms with Crippen LogP contribution in [0.15, 0.2) is 41.9 Å². The summed E-state index contributed by atoms with van der Waals surface area (Å²) in [4.78, 5) is 29.9. The minimum atomic E-state index is -0.319. The Morgan fingerprint density at radius 1 is 1.35 bits per heavy atom. The lowest BCUT2D eigenvalue weighted by molar-refractivity contribution is -0.128. The third-order valence-electron chi connectivity index (χ3n) is 3.73. The molecule has 2 heterocycles. The van der Waals surface area contributed by atoms with E-state index in [-0.39, 0.29) is 18.0 Å². The molecule has 1 atom stereocenters. The Hall–Kier alpha value is -2.41. The molecule has 120 valence electrons. The predicted molar refractivity (Wildman–Crippen MR) is 89.3 cm³/mol. The number of nitrogens with zero attached hydrogens (tertiary/aromatic N) is 2. The number of nitrogens with one attached hydrogen (secondary N) is 2. The van der Waals surface area contributed by atoms with Gasteiger partial charge in [-0.1, -0.05) is 30.3 Å². The van der Waals surface area contributed by atoms with Crippen LogP contribution in [0.4, 0.5) is 9.93 Å². The van der Waals surface area contributed by atoms with Crippen LogP contribution >= 0.6 is 11.3 Å². The molecule has 1 aromatic carbocycles. The molecule has 1 aromatic heterocycles. The van der Waals surface area contributed by atoms with Crippen molar-refractivity contribution >= 4 is 28.4 Å². The number of hydrogen-bond donors (Lipinski definition) is 2.